The Morgan fingerprint density at radius 2 is 1.11 bits per heavy atom. The van der Waals surface area contributed by atoms with Gasteiger partial charge >= 0.3 is 6.09 Å². The first-order chi connectivity index (χ1) is 17.5. The average Bonchev–Trinajstić information content (AvgIpc) is 2.85. The second kappa shape index (κ2) is 22.7. The third-order valence-electron chi connectivity index (χ3n) is 5.19. The summed E-state index contributed by atoms with van der Waals surface area (Å²) in [6.45, 7) is 6.68. The largest absolute Gasteiger partial charge is 0.446 e. The van der Waals surface area contributed by atoms with Crippen molar-refractivity contribution in [2.45, 2.75) is 56.8 Å². The van der Waals surface area contributed by atoms with Crippen LogP contribution in [0, 0.1) is 0 Å². The van der Waals surface area contributed by atoms with Gasteiger partial charge in [-0.1, -0.05) is 0 Å². The average molecular weight is 537 g/mol. The van der Waals surface area contributed by atoms with Crippen LogP contribution in [0.2, 0.25) is 0 Å². The van der Waals surface area contributed by atoms with Gasteiger partial charge in [-0.15, -0.1) is 0 Å². The van der Waals surface area contributed by atoms with E-state index in [0.717, 1.165) is 25.7 Å². The van der Waals surface area contributed by atoms with Gasteiger partial charge in [0.1, 0.15) is 11.9 Å². The zero-order valence-electron chi connectivity index (χ0n) is 21.5. The molecule has 0 heterocycles. The van der Waals surface area contributed by atoms with Gasteiger partial charge in [-0.3, -0.25) is 4.79 Å². The number of thiol groups is 1. The van der Waals surface area contributed by atoms with E-state index in [1.165, 1.54) is 6.92 Å². The molecule has 1 saturated carbocycles. The molecule has 36 heavy (non-hydrogen) atoms. The number of Topliss-reactive ketones (excluding diaryl/α,β-unsaturated/α-hetero) is 1. The van der Waals surface area contributed by atoms with Crippen LogP contribution in [0.5, 0.6) is 0 Å². The lowest BCUT2D eigenvalue weighted by molar-refractivity contribution is -0.124. The maximum Gasteiger partial charge on any atom is 0.407 e. The van der Waals surface area contributed by atoms with Gasteiger partial charge in [0.25, 0.3) is 0 Å². The van der Waals surface area contributed by atoms with Gasteiger partial charge in [0, 0.05) is 31.2 Å². The molecule has 0 saturated heterocycles. The molecule has 12 heteroatoms. The topological polar surface area (TPSA) is 131 Å². The van der Waals surface area contributed by atoms with Crippen molar-refractivity contribution < 1.29 is 42.8 Å². The molecule has 0 bridgehead atoms. The molecule has 0 aromatic heterocycles. The number of hydrogen-bond acceptors (Lipinski definition) is 10. The van der Waals surface area contributed by atoms with Gasteiger partial charge < -0.3 is 43.8 Å². The Morgan fingerprint density at radius 1 is 0.667 bits per heavy atom. The van der Waals surface area contributed by atoms with Gasteiger partial charge in [-0.2, -0.15) is 12.6 Å². The van der Waals surface area contributed by atoms with Crippen molar-refractivity contribution in [1.29, 1.82) is 0 Å². The van der Waals surface area contributed by atoms with Crippen LogP contribution in [-0.4, -0.2) is 108 Å². The Morgan fingerprint density at radius 3 is 1.58 bits per heavy atom. The van der Waals surface area contributed by atoms with E-state index in [4.69, 9.17) is 28.4 Å². The molecular formula is C24H44N2O9S. The van der Waals surface area contributed by atoms with Gasteiger partial charge in [-0.25, -0.2) is 4.79 Å². The minimum absolute atomic E-state index is 0.00343. The molecule has 2 amide bonds. The second-order valence-corrected chi connectivity index (χ2v) is 9.11. The maximum absolute atomic E-state index is 11.7. The molecule has 0 aromatic rings. The molecule has 210 valence electrons. The highest BCUT2D eigenvalue weighted by Gasteiger charge is 2.21. The standard InChI is InChI=1S/C24H44N2O9S/c1-20(27)2-7-23(28)25-8-10-30-12-14-32-16-18-34-19-17-33-15-13-31-11-9-26-24(29)35-21-3-5-22(36)6-4-21/h21-22,36H,2-19H2,1H3,(H,25,28)(H,26,29). The summed E-state index contributed by atoms with van der Waals surface area (Å²) in [5.41, 5.74) is 0. The van der Waals surface area contributed by atoms with Gasteiger partial charge in [0.15, 0.2) is 0 Å². The van der Waals surface area contributed by atoms with E-state index in [1.807, 2.05) is 0 Å². The quantitative estimate of drug-likeness (QED) is 0.139. The third kappa shape index (κ3) is 20.7. The van der Waals surface area contributed by atoms with Crippen molar-refractivity contribution in [3.05, 3.63) is 0 Å². The minimum Gasteiger partial charge on any atom is -0.446 e. The van der Waals surface area contributed by atoms with Crippen LogP contribution in [0.1, 0.15) is 45.4 Å². The lowest BCUT2D eigenvalue weighted by atomic mass is 9.97. The van der Waals surface area contributed by atoms with Gasteiger partial charge in [-0.05, 0) is 32.6 Å². The van der Waals surface area contributed by atoms with E-state index in [2.05, 4.69) is 23.3 Å². The number of hydrogen-bond donors (Lipinski definition) is 3. The van der Waals surface area contributed by atoms with E-state index < -0.39 is 6.09 Å². The predicted octanol–water partition coefficient (Wildman–Crippen LogP) is 1.52. The summed E-state index contributed by atoms with van der Waals surface area (Å²) < 4.78 is 32.4. The molecule has 2 N–H and O–H groups in total. The summed E-state index contributed by atoms with van der Waals surface area (Å²) in [7, 11) is 0. The van der Waals surface area contributed by atoms with Crippen LogP contribution in [0.3, 0.4) is 0 Å². The third-order valence-corrected chi connectivity index (χ3v) is 5.71. The fraction of sp³-hybridized carbons (Fsp3) is 0.875. The number of carbonyl (C=O) groups is 3. The van der Waals surface area contributed by atoms with Crippen molar-refractivity contribution in [3.63, 3.8) is 0 Å². The van der Waals surface area contributed by atoms with Crippen LogP contribution < -0.4 is 10.6 Å². The van der Waals surface area contributed by atoms with Crippen molar-refractivity contribution in [2.24, 2.45) is 0 Å². The SMILES string of the molecule is CC(=O)CCC(=O)NCCOCCOCCOCCOCCOCCNC(=O)OC1CCC(S)CC1. The van der Waals surface area contributed by atoms with E-state index in [-0.39, 0.29) is 30.6 Å². The number of alkyl carbamates (subject to hydrolysis) is 1. The van der Waals surface area contributed by atoms with Crippen LogP contribution in [0.25, 0.3) is 0 Å². The summed E-state index contributed by atoms with van der Waals surface area (Å²) in [6.07, 6.45) is 3.78. The smallest absolute Gasteiger partial charge is 0.407 e. The van der Waals surface area contributed by atoms with Crippen molar-refractivity contribution >= 4 is 30.4 Å². The minimum atomic E-state index is -0.394. The highest BCUT2D eigenvalue weighted by atomic mass is 32.1. The molecule has 11 nitrogen and oxygen atoms in total. The number of nitrogens with one attached hydrogen (secondary N) is 2. The van der Waals surface area contributed by atoms with Crippen LogP contribution in [0.15, 0.2) is 0 Å². The van der Waals surface area contributed by atoms with Crippen LogP contribution in [0.4, 0.5) is 4.79 Å². The summed E-state index contributed by atoms with van der Waals surface area (Å²) in [4.78, 5) is 33.9. The Kier molecular flexibility index (Phi) is 20.6. The molecule has 0 unspecified atom stereocenters. The molecule has 0 aliphatic heterocycles. The first kappa shape index (κ1) is 32.6. The number of ether oxygens (including phenoxy) is 6. The van der Waals surface area contributed by atoms with Crippen molar-refractivity contribution in [3.8, 4) is 0 Å². The summed E-state index contributed by atoms with van der Waals surface area (Å²) in [6, 6.07) is 0. The fourth-order valence-electron chi connectivity index (χ4n) is 3.20. The molecule has 0 radical (unpaired) electrons. The maximum atomic E-state index is 11.7. The summed E-state index contributed by atoms with van der Waals surface area (Å²) >= 11 is 4.44. The molecule has 0 aromatic carbocycles. The first-order valence-corrected chi connectivity index (χ1v) is 13.3. The Bertz CT molecular complexity index is 590. The fourth-order valence-corrected chi connectivity index (χ4v) is 3.50. The van der Waals surface area contributed by atoms with E-state index in [0.29, 0.717) is 84.4 Å². The van der Waals surface area contributed by atoms with E-state index >= 15 is 0 Å². The second-order valence-electron chi connectivity index (χ2n) is 8.38. The Labute approximate surface area is 220 Å². The highest BCUT2D eigenvalue weighted by Crippen LogP contribution is 2.24. The Hall–Kier alpha value is -1.44. The molecule has 0 spiro atoms. The Balaban J connectivity index is 1.72. The molecule has 0 atom stereocenters. The zero-order valence-corrected chi connectivity index (χ0v) is 22.4. The normalized spacial score (nSPS) is 17.5. The number of carbonyl (C=O) groups excluding carboxylic acids is 3. The highest BCUT2D eigenvalue weighted by molar-refractivity contribution is 7.80. The predicted molar refractivity (Wildman–Crippen MR) is 137 cm³/mol. The first-order valence-electron chi connectivity index (χ1n) is 12.7. The number of rotatable bonds is 22. The molecule has 1 rings (SSSR count). The molecule has 1 aliphatic rings. The molecule has 1 aliphatic carbocycles. The van der Waals surface area contributed by atoms with Crippen molar-refractivity contribution in [2.75, 3.05) is 79.2 Å². The molecular weight excluding hydrogens is 492 g/mol. The van der Waals surface area contributed by atoms with Crippen LogP contribution in [-0.2, 0) is 38.0 Å². The monoisotopic (exact) mass is 536 g/mol. The van der Waals surface area contributed by atoms with E-state index in [9.17, 15) is 14.4 Å². The summed E-state index contributed by atoms with van der Waals surface area (Å²) in [5, 5.41) is 5.81. The zero-order chi connectivity index (χ0) is 26.3. The lowest BCUT2D eigenvalue weighted by Gasteiger charge is -2.25. The number of amides is 2. The van der Waals surface area contributed by atoms with Gasteiger partial charge in [0.05, 0.1) is 66.1 Å². The van der Waals surface area contributed by atoms with Gasteiger partial charge in [0.2, 0.25) is 5.91 Å². The number of ketones is 1. The molecule has 1 fully saturated rings. The van der Waals surface area contributed by atoms with Crippen LogP contribution >= 0.6 is 12.6 Å². The lowest BCUT2D eigenvalue weighted by Crippen LogP contribution is -2.33. The van der Waals surface area contributed by atoms with E-state index in [1.54, 1.807) is 0 Å². The summed E-state index contributed by atoms with van der Waals surface area (Å²) in [5.74, 6) is -0.142. The van der Waals surface area contributed by atoms with Crippen molar-refractivity contribution in [1.82, 2.24) is 10.6 Å².